The van der Waals surface area contributed by atoms with E-state index in [0.29, 0.717) is 25.9 Å². The van der Waals surface area contributed by atoms with Gasteiger partial charge in [-0.2, -0.15) is 0 Å². The van der Waals surface area contributed by atoms with E-state index in [1.807, 2.05) is 0 Å². The minimum absolute atomic E-state index is 0.218. The SMILES string of the molecule is C=CCS(=O)(=O)CC(=O)N1CCC(C(=O)O)CC1. The zero-order valence-electron chi connectivity index (χ0n) is 10.0. The summed E-state index contributed by atoms with van der Waals surface area (Å²) in [5, 5.41) is 8.81. The normalized spacial score (nSPS) is 17.4. The number of aliphatic carboxylic acids is 1. The van der Waals surface area contributed by atoms with Crippen LogP contribution >= 0.6 is 0 Å². The zero-order chi connectivity index (χ0) is 13.8. The second kappa shape index (κ2) is 5.99. The second-order valence-corrected chi connectivity index (χ2v) is 6.45. The van der Waals surface area contributed by atoms with Crippen molar-refractivity contribution in [1.29, 1.82) is 0 Å². The summed E-state index contributed by atoms with van der Waals surface area (Å²) in [4.78, 5) is 23.9. The summed E-state index contributed by atoms with van der Waals surface area (Å²) in [6.45, 7) is 3.94. The first kappa shape index (κ1) is 14.7. The van der Waals surface area contributed by atoms with Crippen LogP contribution in [0, 0.1) is 5.92 Å². The van der Waals surface area contributed by atoms with E-state index >= 15 is 0 Å². The Morgan fingerprint density at radius 2 is 1.89 bits per heavy atom. The van der Waals surface area contributed by atoms with Gasteiger partial charge in [0.25, 0.3) is 0 Å². The molecular weight excluding hydrogens is 258 g/mol. The Morgan fingerprint density at radius 3 is 2.33 bits per heavy atom. The van der Waals surface area contributed by atoms with Gasteiger partial charge < -0.3 is 10.0 Å². The van der Waals surface area contributed by atoms with Crippen molar-refractivity contribution in [2.45, 2.75) is 12.8 Å². The van der Waals surface area contributed by atoms with Gasteiger partial charge in [0.2, 0.25) is 5.91 Å². The van der Waals surface area contributed by atoms with E-state index in [-0.39, 0.29) is 5.75 Å². The van der Waals surface area contributed by atoms with Crippen molar-refractivity contribution in [3.63, 3.8) is 0 Å². The van der Waals surface area contributed by atoms with Crippen molar-refractivity contribution in [2.24, 2.45) is 5.92 Å². The Hall–Kier alpha value is -1.37. The molecule has 1 N–H and O–H groups in total. The molecule has 1 aliphatic heterocycles. The van der Waals surface area contributed by atoms with Crippen molar-refractivity contribution in [3.05, 3.63) is 12.7 Å². The number of carboxylic acids is 1. The lowest BCUT2D eigenvalue weighted by Gasteiger charge is -2.30. The number of piperidine rings is 1. The summed E-state index contributed by atoms with van der Waals surface area (Å²) in [6, 6.07) is 0. The summed E-state index contributed by atoms with van der Waals surface area (Å²) in [7, 11) is -3.44. The maximum absolute atomic E-state index is 11.7. The summed E-state index contributed by atoms with van der Waals surface area (Å²) in [6.07, 6.45) is 2.00. The molecule has 0 aromatic heterocycles. The number of amides is 1. The Kier molecular flexibility index (Phi) is 4.89. The van der Waals surface area contributed by atoms with E-state index < -0.39 is 33.4 Å². The Balaban J connectivity index is 2.51. The first-order valence-corrected chi connectivity index (χ1v) is 7.50. The third-order valence-electron chi connectivity index (χ3n) is 2.91. The van der Waals surface area contributed by atoms with Gasteiger partial charge in [-0.25, -0.2) is 8.42 Å². The predicted octanol–water partition coefficient (Wildman–Crippen LogP) is -0.0896. The Morgan fingerprint density at radius 1 is 1.33 bits per heavy atom. The zero-order valence-corrected chi connectivity index (χ0v) is 10.9. The number of hydrogen-bond donors (Lipinski definition) is 1. The van der Waals surface area contributed by atoms with Crippen LogP contribution in [0.4, 0.5) is 0 Å². The van der Waals surface area contributed by atoms with Crippen LogP contribution in [0.5, 0.6) is 0 Å². The van der Waals surface area contributed by atoms with Crippen molar-refractivity contribution in [2.75, 3.05) is 24.6 Å². The fourth-order valence-electron chi connectivity index (χ4n) is 1.89. The van der Waals surface area contributed by atoms with Crippen LogP contribution in [0.25, 0.3) is 0 Å². The summed E-state index contributed by atoms with van der Waals surface area (Å²) < 4.78 is 22.9. The average Bonchev–Trinajstić information content (AvgIpc) is 2.28. The van der Waals surface area contributed by atoms with E-state index in [0.717, 1.165) is 0 Å². The monoisotopic (exact) mass is 275 g/mol. The molecule has 7 heteroatoms. The molecule has 0 radical (unpaired) electrons. The fourth-order valence-corrected chi connectivity index (χ4v) is 2.93. The molecular formula is C11H17NO5S. The van der Waals surface area contributed by atoms with Crippen LogP contribution in [-0.2, 0) is 19.4 Å². The Labute approximate surface area is 106 Å². The van der Waals surface area contributed by atoms with Crippen LogP contribution in [0.15, 0.2) is 12.7 Å². The highest BCUT2D eigenvalue weighted by atomic mass is 32.2. The van der Waals surface area contributed by atoms with Gasteiger partial charge >= 0.3 is 5.97 Å². The molecule has 102 valence electrons. The first-order chi connectivity index (χ1) is 8.35. The highest BCUT2D eigenvalue weighted by molar-refractivity contribution is 7.92. The molecule has 0 spiro atoms. The molecule has 6 nitrogen and oxygen atoms in total. The highest BCUT2D eigenvalue weighted by Gasteiger charge is 2.28. The van der Waals surface area contributed by atoms with Gasteiger partial charge in [0.1, 0.15) is 5.75 Å². The van der Waals surface area contributed by atoms with Crippen LogP contribution in [-0.4, -0.2) is 54.9 Å². The number of carbonyl (C=O) groups is 2. The molecule has 1 fully saturated rings. The van der Waals surface area contributed by atoms with Crippen molar-refractivity contribution >= 4 is 21.7 Å². The maximum atomic E-state index is 11.7. The first-order valence-electron chi connectivity index (χ1n) is 5.67. The lowest BCUT2D eigenvalue weighted by Crippen LogP contribution is -2.43. The minimum Gasteiger partial charge on any atom is -0.481 e. The van der Waals surface area contributed by atoms with E-state index in [9.17, 15) is 18.0 Å². The van der Waals surface area contributed by atoms with E-state index in [1.165, 1.54) is 11.0 Å². The number of carbonyl (C=O) groups excluding carboxylic acids is 1. The summed E-state index contributed by atoms with van der Waals surface area (Å²) >= 11 is 0. The van der Waals surface area contributed by atoms with Gasteiger partial charge in [-0.05, 0) is 12.8 Å². The number of nitrogens with zero attached hydrogens (tertiary/aromatic N) is 1. The summed E-state index contributed by atoms with van der Waals surface area (Å²) in [5.74, 6) is -2.50. The number of sulfone groups is 1. The smallest absolute Gasteiger partial charge is 0.306 e. The highest BCUT2D eigenvalue weighted by Crippen LogP contribution is 2.17. The van der Waals surface area contributed by atoms with Gasteiger partial charge in [-0.3, -0.25) is 9.59 Å². The average molecular weight is 275 g/mol. The lowest BCUT2D eigenvalue weighted by molar-refractivity contribution is -0.145. The van der Waals surface area contributed by atoms with Gasteiger partial charge in [0.05, 0.1) is 11.7 Å². The number of carboxylic acid groups (broad SMARTS) is 1. The topological polar surface area (TPSA) is 91.8 Å². The third-order valence-corrected chi connectivity index (χ3v) is 4.34. The molecule has 18 heavy (non-hydrogen) atoms. The Bertz CT molecular complexity index is 434. The van der Waals surface area contributed by atoms with Crippen molar-refractivity contribution in [3.8, 4) is 0 Å². The van der Waals surface area contributed by atoms with E-state index in [2.05, 4.69) is 6.58 Å². The van der Waals surface area contributed by atoms with E-state index in [1.54, 1.807) is 0 Å². The predicted molar refractivity (Wildman–Crippen MR) is 65.8 cm³/mol. The van der Waals surface area contributed by atoms with Crippen LogP contribution in [0.3, 0.4) is 0 Å². The maximum Gasteiger partial charge on any atom is 0.306 e. The summed E-state index contributed by atoms with van der Waals surface area (Å²) in [5.41, 5.74) is 0. The molecule has 1 aliphatic rings. The van der Waals surface area contributed by atoms with Crippen LogP contribution < -0.4 is 0 Å². The molecule has 1 saturated heterocycles. The minimum atomic E-state index is -3.44. The molecule has 1 rings (SSSR count). The standard InChI is InChI=1S/C11H17NO5S/c1-2-7-18(16,17)8-10(13)12-5-3-9(4-6-12)11(14)15/h2,9H,1,3-8H2,(H,14,15). The number of likely N-dealkylation sites (tertiary alicyclic amines) is 1. The van der Waals surface area contributed by atoms with Gasteiger partial charge in [-0.1, -0.05) is 6.08 Å². The van der Waals surface area contributed by atoms with E-state index in [4.69, 9.17) is 5.11 Å². The fraction of sp³-hybridized carbons (Fsp3) is 0.636. The van der Waals surface area contributed by atoms with Gasteiger partial charge in [0, 0.05) is 13.1 Å². The van der Waals surface area contributed by atoms with Crippen LogP contribution in [0.2, 0.25) is 0 Å². The van der Waals surface area contributed by atoms with Crippen molar-refractivity contribution in [1.82, 2.24) is 4.90 Å². The molecule has 0 bridgehead atoms. The van der Waals surface area contributed by atoms with Crippen LogP contribution in [0.1, 0.15) is 12.8 Å². The molecule has 0 aromatic rings. The molecule has 1 heterocycles. The largest absolute Gasteiger partial charge is 0.481 e. The lowest BCUT2D eigenvalue weighted by atomic mass is 9.97. The molecule has 0 aliphatic carbocycles. The molecule has 1 amide bonds. The molecule has 0 saturated carbocycles. The third kappa shape index (κ3) is 4.14. The second-order valence-electron chi connectivity index (χ2n) is 4.34. The number of rotatable bonds is 5. The molecule has 0 aromatic carbocycles. The van der Waals surface area contributed by atoms with Crippen molar-refractivity contribution < 1.29 is 23.1 Å². The molecule has 0 unspecified atom stereocenters. The quantitative estimate of drug-likeness (QED) is 0.708. The van der Waals surface area contributed by atoms with Gasteiger partial charge in [-0.15, -0.1) is 6.58 Å². The molecule has 0 atom stereocenters. The number of hydrogen-bond acceptors (Lipinski definition) is 4. The van der Waals surface area contributed by atoms with Gasteiger partial charge in [0.15, 0.2) is 9.84 Å².